The van der Waals surface area contributed by atoms with E-state index in [1.54, 1.807) is 0 Å². The van der Waals surface area contributed by atoms with Gasteiger partial charge in [-0.15, -0.1) is 0 Å². The zero-order valence-corrected chi connectivity index (χ0v) is 11.8. The number of nitrogens with zero attached hydrogens (tertiary/aromatic N) is 1. The minimum absolute atomic E-state index is 0.240. The molecule has 3 unspecified atom stereocenters. The quantitative estimate of drug-likeness (QED) is 0.770. The van der Waals surface area contributed by atoms with Crippen molar-refractivity contribution in [3.05, 3.63) is 0 Å². The molecule has 1 heterocycles. The number of methoxy groups -OCH3 is 1. The van der Waals surface area contributed by atoms with Crippen molar-refractivity contribution in [2.75, 3.05) is 20.2 Å². The Balaban J connectivity index is 2.03. The molecule has 0 aromatic rings. The summed E-state index contributed by atoms with van der Waals surface area (Å²) in [6.45, 7) is 6.23. The maximum Gasteiger partial charge on any atom is 0.327 e. The van der Waals surface area contributed by atoms with E-state index in [-0.39, 0.29) is 5.97 Å². The highest BCUT2D eigenvalue weighted by molar-refractivity contribution is 5.81. The van der Waals surface area contributed by atoms with Gasteiger partial charge in [-0.1, -0.05) is 6.92 Å². The van der Waals surface area contributed by atoms with Crippen molar-refractivity contribution in [1.82, 2.24) is 4.90 Å². The zero-order valence-electron chi connectivity index (χ0n) is 11.8. The van der Waals surface area contributed by atoms with E-state index in [4.69, 9.17) is 10.5 Å². The summed E-state index contributed by atoms with van der Waals surface area (Å²) in [7, 11) is 1.44. The molecule has 104 valence electrons. The molecule has 2 fully saturated rings. The molecule has 0 amide bonds. The van der Waals surface area contributed by atoms with Crippen LogP contribution < -0.4 is 5.73 Å². The van der Waals surface area contributed by atoms with Crippen molar-refractivity contribution in [3.63, 3.8) is 0 Å². The number of nitrogens with two attached hydrogens (primary N) is 1. The molecule has 0 spiro atoms. The molecule has 2 aliphatic rings. The number of likely N-dealkylation sites (tertiary alicyclic amines) is 1. The van der Waals surface area contributed by atoms with Crippen molar-refractivity contribution >= 4 is 5.97 Å². The predicted octanol–water partition coefficient (Wildman–Crippen LogP) is 1.39. The summed E-state index contributed by atoms with van der Waals surface area (Å²) >= 11 is 0. The highest BCUT2D eigenvalue weighted by Crippen LogP contribution is 2.40. The average molecular weight is 254 g/mol. The van der Waals surface area contributed by atoms with Gasteiger partial charge < -0.3 is 10.5 Å². The Hall–Kier alpha value is -0.610. The number of esters is 1. The average Bonchev–Trinajstić information content (AvgIpc) is 3.16. The molecular weight excluding hydrogens is 228 g/mol. The highest BCUT2D eigenvalue weighted by atomic mass is 16.5. The number of carbonyl (C=O) groups excluding carboxylic acids is 1. The molecule has 18 heavy (non-hydrogen) atoms. The third-order valence-corrected chi connectivity index (χ3v) is 4.61. The molecule has 2 N–H and O–H groups in total. The Labute approximate surface area is 110 Å². The van der Waals surface area contributed by atoms with Crippen LogP contribution in [-0.2, 0) is 9.53 Å². The molecule has 4 nitrogen and oxygen atoms in total. The van der Waals surface area contributed by atoms with Crippen LogP contribution in [0.4, 0.5) is 0 Å². The standard InChI is InChI=1S/C14H26N2O2/c1-10-6-7-16(11(2)8-10)9-14(15,12-4-5-12)13(17)18-3/h10-12H,4-9,15H2,1-3H3. The molecule has 2 rings (SSSR count). The topological polar surface area (TPSA) is 55.6 Å². The van der Waals surface area contributed by atoms with Gasteiger partial charge in [-0.05, 0) is 51.0 Å². The number of carbonyl (C=O) groups is 1. The van der Waals surface area contributed by atoms with Crippen LogP contribution in [0.2, 0.25) is 0 Å². The summed E-state index contributed by atoms with van der Waals surface area (Å²) in [6, 6.07) is 0.514. The van der Waals surface area contributed by atoms with Crippen molar-refractivity contribution in [2.24, 2.45) is 17.6 Å². The molecule has 0 aromatic heterocycles. The SMILES string of the molecule is COC(=O)C(N)(CN1CCC(C)CC1C)C1CC1. The van der Waals surface area contributed by atoms with Gasteiger partial charge in [-0.2, -0.15) is 0 Å². The van der Waals surface area contributed by atoms with Gasteiger partial charge in [-0.25, -0.2) is 0 Å². The number of piperidine rings is 1. The van der Waals surface area contributed by atoms with Crippen LogP contribution in [0.25, 0.3) is 0 Å². The maximum absolute atomic E-state index is 12.0. The Morgan fingerprint density at radius 1 is 1.39 bits per heavy atom. The van der Waals surface area contributed by atoms with Crippen LogP contribution in [-0.4, -0.2) is 42.6 Å². The van der Waals surface area contributed by atoms with Gasteiger partial charge in [0, 0.05) is 12.6 Å². The second kappa shape index (κ2) is 5.17. The molecule has 1 saturated heterocycles. The number of ether oxygens (including phenoxy) is 1. The summed E-state index contributed by atoms with van der Waals surface area (Å²) < 4.78 is 4.92. The molecule has 3 atom stereocenters. The van der Waals surface area contributed by atoms with Crippen LogP contribution in [0.3, 0.4) is 0 Å². The van der Waals surface area contributed by atoms with Crippen molar-refractivity contribution in [1.29, 1.82) is 0 Å². The lowest BCUT2D eigenvalue weighted by Crippen LogP contribution is -2.60. The predicted molar refractivity (Wildman–Crippen MR) is 71.1 cm³/mol. The molecule has 1 aliphatic carbocycles. The second-order valence-electron chi connectivity index (χ2n) is 6.26. The molecule has 0 radical (unpaired) electrons. The number of hydrogen-bond donors (Lipinski definition) is 1. The van der Waals surface area contributed by atoms with Crippen LogP contribution >= 0.6 is 0 Å². The highest BCUT2D eigenvalue weighted by Gasteiger charge is 2.50. The minimum atomic E-state index is -0.788. The lowest BCUT2D eigenvalue weighted by Gasteiger charge is -2.41. The molecule has 1 saturated carbocycles. The van der Waals surface area contributed by atoms with E-state index < -0.39 is 5.54 Å². The van der Waals surface area contributed by atoms with Gasteiger partial charge in [-0.3, -0.25) is 9.69 Å². The first-order valence-corrected chi connectivity index (χ1v) is 7.08. The second-order valence-corrected chi connectivity index (χ2v) is 6.26. The van der Waals surface area contributed by atoms with E-state index in [2.05, 4.69) is 18.7 Å². The van der Waals surface area contributed by atoms with Gasteiger partial charge >= 0.3 is 5.97 Å². The van der Waals surface area contributed by atoms with E-state index in [1.807, 2.05) is 0 Å². The number of rotatable bonds is 4. The lowest BCUT2D eigenvalue weighted by atomic mass is 9.88. The van der Waals surface area contributed by atoms with Crippen molar-refractivity contribution in [2.45, 2.75) is 51.1 Å². The van der Waals surface area contributed by atoms with E-state index >= 15 is 0 Å². The van der Waals surface area contributed by atoms with E-state index in [1.165, 1.54) is 20.0 Å². The monoisotopic (exact) mass is 254 g/mol. The van der Waals surface area contributed by atoms with Crippen LogP contribution in [0, 0.1) is 11.8 Å². The third-order valence-electron chi connectivity index (χ3n) is 4.61. The van der Waals surface area contributed by atoms with E-state index in [9.17, 15) is 4.79 Å². The summed E-state index contributed by atoms with van der Waals surface area (Å²) in [4.78, 5) is 14.4. The summed E-state index contributed by atoms with van der Waals surface area (Å²) in [5, 5.41) is 0. The fourth-order valence-corrected chi connectivity index (χ4v) is 3.18. The fraction of sp³-hybridized carbons (Fsp3) is 0.929. The molecular formula is C14H26N2O2. The van der Waals surface area contributed by atoms with E-state index in [0.717, 1.165) is 25.3 Å². The van der Waals surface area contributed by atoms with Gasteiger partial charge in [0.15, 0.2) is 0 Å². The maximum atomic E-state index is 12.0. The third kappa shape index (κ3) is 2.69. The van der Waals surface area contributed by atoms with Gasteiger partial charge in [0.2, 0.25) is 0 Å². The lowest BCUT2D eigenvalue weighted by molar-refractivity contribution is -0.149. The van der Waals surface area contributed by atoms with Gasteiger partial charge in [0.25, 0.3) is 0 Å². The van der Waals surface area contributed by atoms with Crippen molar-refractivity contribution < 1.29 is 9.53 Å². The Morgan fingerprint density at radius 3 is 2.56 bits per heavy atom. The largest absolute Gasteiger partial charge is 0.468 e. The van der Waals surface area contributed by atoms with Crippen LogP contribution in [0.5, 0.6) is 0 Å². The Kier molecular flexibility index (Phi) is 3.97. The van der Waals surface area contributed by atoms with Gasteiger partial charge in [0.1, 0.15) is 5.54 Å². The fourth-order valence-electron chi connectivity index (χ4n) is 3.18. The zero-order chi connectivity index (χ0) is 13.3. The molecule has 4 heteroatoms. The minimum Gasteiger partial charge on any atom is -0.468 e. The van der Waals surface area contributed by atoms with Crippen LogP contribution in [0.1, 0.15) is 39.5 Å². The summed E-state index contributed by atoms with van der Waals surface area (Å²) in [6.07, 6.45) is 4.52. The normalized spacial score (nSPS) is 32.9. The van der Waals surface area contributed by atoms with Gasteiger partial charge in [0.05, 0.1) is 7.11 Å². The first kappa shape index (κ1) is 13.8. The Morgan fingerprint density at radius 2 is 2.06 bits per heavy atom. The molecule has 0 aromatic carbocycles. The molecule has 1 aliphatic heterocycles. The summed E-state index contributed by atoms with van der Waals surface area (Å²) in [5.41, 5.74) is 5.58. The summed E-state index contributed by atoms with van der Waals surface area (Å²) in [5.74, 6) is 0.856. The Bertz CT molecular complexity index is 317. The first-order chi connectivity index (χ1) is 8.47. The smallest absolute Gasteiger partial charge is 0.327 e. The van der Waals surface area contributed by atoms with E-state index in [0.29, 0.717) is 18.5 Å². The van der Waals surface area contributed by atoms with Crippen molar-refractivity contribution in [3.8, 4) is 0 Å². The first-order valence-electron chi connectivity index (χ1n) is 7.08. The van der Waals surface area contributed by atoms with Crippen LogP contribution in [0.15, 0.2) is 0 Å². The number of hydrogen-bond acceptors (Lipinski definition) is 4. The molecule has 0 bridgehead atoms.